The summed E-state index contributed by atoms with van der Waals surface area (Å²) < 4.78 is 0. The van der Waals surface area contributed by atoms with Crippen molar-refractivity contribution in [2.24, 2.45) is 5.10 Å². The Balaban J connectivity index is 1.87. The molecule has 3 aromatic carbocycles. The van der Waals surface area contributed by atoms with Gasteiger partial charge in [-0.3, -0.25) is 10.1 Å². The van der Waals surface area contributed by atoms with E-state index < -0.39 is 4.92 Å². The summed E-state index contributed by atoms with van der Waals surface area (Å²) in [5, 5.41) is 15.6. The van der Waals surface area contributed by atoms with Crippen molar-refractivity contribution in [2.75, 3.05) is 0 Å². The number of hydrazone groups is 1. The molecule has 0 aliphatic rings. The molecule has 0 saturated heterocycles. The van der Waals surface area contributed by atoms with Crippen molar-refractivity contribution in [2.45, 2.75) is 4.90 Å². The number of nitro benzene ring substituents is 1. The number of nitro groups is 1. The van der Waals surface area contributed by atoms with Gasteiger partial charge in [-0.25, -0.2) is 4.83 Å². The van der Waals surface area contributed by atoms with E-state index in [1.165, 1.54) is 6.07 Å². The molecule has 0 aromatic heterocycles. The predicted octanol–water partition coefficient (Wildman–Crippen LogP) is 4.64. The minimum absolute atomic E-state index is 0.0520. The zero-order valence-electron chi connectivity index (χ0n) is 13.2. The number of nitrogens with zero attached hydrogens (tertiary/aromatic N) is 2. The van der Waals surface area contributed by atoms with E-state index in [1.54, 1.807) is 18.2 Å². The van der Waals surface area contributed by atoms with Crippen LogP contribution in [-0.2, 0) is 0 Å². The van der Waals surface area contributed by atoms with Gasteiger partial charge in [0, 0.05) is 29.1 Å². The molecular weight excluding hydrogens is 334 g/mol. The number of para-hydroxylation sites is 1. The molecule has 0 aliphatic heterocycles. The van der Waals surface area contributed by atoms with E-state index in [4.69, 9.17) is 0 Å². The molecule has 0 amide bonds. The van der Waals surface area contributed by atoms with Crippen LogP contribution < -0.4 is 4.83 Å². The van der Waals surface area contributed by atoms with Crippen LogP contribution in [0.1, 0.15) is 11.1 Å². The van der Waals surface area contributed by atoms with Crippen molar-refractivity contribution in [3.05, 3.63) is 106 Å². The molecule has 0 saturated carbocycles. The largest absolute Gasteiger partial charge is 0.284 e. The Bertz CT molecular complexity index is 842. The minimum atomic E-state index is -0.400. The number of hydrogen-bond donors (Lipinski definition) is 1. The summed E-state index contributed by atoms with van der Waals surface area (Å²) in [5.41, 5.74) is 2.75. The van der Waals surface area contributed by atoms with Gasteiger partial charge in [-0.2, -0.15) is 5.10 Å². The molecule has 0 aliphatic carbocycles. The molecule has 5 nitrogen and oxygen atoms in total. The van der Waals surface area contributed by atoms with Gasteiger partial charge >= 0.3 is 0 Å². The fourth-order valence-electron chi connectivity index (χ4n) is 2.30. The zero-order valence-corrected chi connectivity index (χ0v) is 14.0. The Kier molecular flexibility index (Phi) is 5.43. The van der Waals surface area contributed by atoms with Crippen LogP contribution in [0.5, 0.6) is 0 Å². The lowest BCUT2D eigenvalue weighted by molar-refractivity contribution is -0.387. The summed E-state index contributed by atoms with van der Waals surface area (Å²) in [7, 11) is 0. The van der Waals surface area contributed by atoms with Crippen molar-refractivity contribution in [1.82, 2.24) is 4.83 Å². The highest BCUT2D eigenvalue weighted by Crippen LogP contribution is 2.26. The lowest BCUT2D eigenvalue weighted by Gasteiger charge is -2.08. The third-order valence-corrected chi connectivity index (χ3v) is 4.22. The van der Waals surface area contributed by atoms with Crippen LogP contribution in [0.15, 0.2) is 94.9 Å². The van der Waals surface area contributed by atoms with Gasteiger partial charge in [0.1, 0.15) is 4.90 Å². The Labute approximate surface area is 149 Å². The van der Waals surface area contributed by atoms with Crippen molar-refractivity contribution in [3.63, 3.8) is 0 Å². The molecule has 124 valence electrons. The Hall–Kier alpha value is -3.12. The molecule has 0 unspecified atom stereocenters. The van der Waals surface area contributed by atoms with E-state index in [-0.39, 0.29) is 5.69 Å². The Morgan fingerprint density at radius 3 is 1.92 bits per heavy atom. The zero-order chi connectivity index (χ0) is 17.5. The molecule has 0 fully saturated rings. The van der Waals surface area contributed by atoms with Crippen LogP contribution in [0.4, 0.5) is 5.69 Å². The molecule has 3 aromatic rings. The first-order chi connectivity index (χ1) is 12.3. The SMILES string of the molecule is O=[N+]([O-])c1ccccc1SNN=C(c1ccccc1)c1ccccc1. The monoisotopic (exact) mass is 349 g/mol. The lowest BCUT2D eigenvalue weighted by Crippen LogP contribution is -2.08. The number of nitrogens with one attached hydrogen (secondary N) is 1. The highest BCUT2D eigenvalue weighted by molar-refractivity contribution is 7.97. The van der Waals surface area contributed by atoms with Crippen LogP contribution in [0, 0.1) is 10.1 Å². The second kappa shape index (κ2) is 8.12. The second-order valence-corrected chi connectivity index (χ2v) is 5.94. The van der Waals surface area contributed by atoms with Gasteiger partial charge in [0.05, 0.1) is 10.6 Å². The first-order valence-corrected chi connectivity index (χ1v) is 8.41. The molecule has 0 radical (unpaired) electrons. The van der Waals surface area contributed by atoms with E-state index in [1.807, 2.05) is 60.7 Å². The number of benzene rings is 3. The lowest BCUT2D eigenvalue weighted by atomic mass is 10.0. The Morgan fingerprint density at radius 1 is 0.840 bits per heavy atom. The third-order valence-electron chi connectivity index (χ3n) is 3.47. The Morgan fingerprint density at radius 2 is 1.36 bits per heavy atom. The van der Waals surface area contributed by atoms with Crippen LogP contribution >= 0.6 is 11.9 Å². The maximum atomic E-state index is 11.1. The summed E-state index contributed by atoms with van der Waals surface area (Å²) in [6.45, 7) is 0. The van der Waals surface area contributed by atoms with Crippen LogP contribution in [0.3, 0.4) is 0 Å². The summed E-state index contributed by atoms with van der Waals surface area (Å²) >= 11 is 1.11. The van der Waals surface area contributed by atoms with Crippen molar-refractivity contribution < 1.29 is 4.92 Å². The normalized spacial score (nSPS) is 10.1. The van der Waals surface area contributed by atoms with Crippen LogP contribution in [0.25, 0.3) is 0 Å². The van der Waals surface area contributed by atoms with Gasteiger partial charge in [0.2, 0.25) is 0 Å². The second-order valence-electron chi connectivity index (χ2n) is 5.11. The first-order valence-electron chi connectivity index (χ1n) is 7.59. The summed E-state index contributed by atoms with van der Waals surface area (Å²) in [4.78, 5) is 14.1. The molecule has 0 spiro atoms. The molecule has 0 atom stereocenters. The van der Waals surface area contributed by atoms with E-state index in [0.29, 0.717) is 4.90 Å². The van der Waals surface area contributed by atoms with Gasteiger partial charge in [-0.05, 0) is 6.07 Å². The molecule has 0 heterocycles. The van der Waals surface area contributed by atoms with E-state index in [2.05, 4.69) is 9.93 Å². The topological polar surface area (TPSA) is 67.5 Å². The van der Waals surface area contributed by atoms with Gasteiger partial charge in [-0.1, -0.05) is 72.8 Å². The summed E-state index contributed by atoms with van der Waals surface area (Å²) in [6, 6.07) is 26.2. The standard InChI is InChI=1S/C19H15N3O2S/c23-22(24)17-13-7-8-14-18(17)25-21-20-19(15-9-3-1-4-10-15)16-11-5-2-6-12-16/h1-14,21H. The van der Waals surface area contributed by atoms with E-state index in [0.717, 1.165) is 28.8 Å². The van der Waals surface area contributed by atoms with E-state index >= 15 is 0 Å². The fourth-order valence-corrected chi connectivity index (χ4v) is 2.93. The molecule has 3 rings (SSSR count). The van der Waals surface area contributed by atoms with E-state index in [9.17, 15) is 10.1 Å². The fraction of sp³-hybridized carbons (Fsp3) is 0. The molecule has 25 heavy (non-hydrogen) atoms. The third kappa shape index (κ3) is 4.24. The maximum Gasteiger partial charge on any atom is 0.284 e. The van der Waals surface area contributed by atoms with Gasteiger partial charge in [0.25, 0.3) is 5.69 Å². The van der Waals surface area contributed by atoms with Crippen molar-refractivity contribution >= 4 is 23.3 Å². The number of hydrogen-bond acceptors (Lipinski definition) is 5. The molecule has 0 bridgehead atoms. The van der Waals surface area contributed by atoms with Gasteiger partial charge in [0.15, 0.2) is 0 Å². The van der Waals surface area contributed by atoms with Crippen molar-refractivity contribution in [3.8, 4) is 0 Å². The van der Waals surface area contributed by atoms with Gasteiger partial charge in [-0.15, -0.1) is 0 Å². The molecule has 6 heteroatoms. The highest BCUT2D eigenvalue weighted by Gasteiger charge is 2.13. The minimum Gasteiger partial charge on any atom is -0.258 e. The molecule has 1 N–H and O–H groups in total. The quantitative estimate of drug-likeness (QED) is 0.304. The van der Waals surface area contributed by atoms with Crippen molar-refractivity contribution in [1.29, 1.82) is 0 Å². The smallest absolute Gasteiger partial charge is 0.258 e. The summed E-state index contributed by atoms with van der Waals surface area (Å²) in [6.07, 6.45) is 0. The highest BCUT2D eigenvalue weighted by atomic mass is 32.2. The number of rotatable bonds is 6. The first kappa shape index (κ1) is 16.7. The van der Waals surface area contributed by atoms with Gasteiger partial charge < -0.3 is 0 Å². The average Bonchev–Trinajstić information content (AvgIpc) is 2.67. The van der Waals surface area contributed by atoms with Crippen LogP contribution in [-0.4, -0.2) is 10.6 Å². The predicted molar refractivity (Wildman–Crippen MR) is 101 cm³/mol. The average molecular weight is 349 g/mol. The maximum absolute atomic E-state index is 11.1. The van der Waals surface area contributed by atoms with Crippen LogP contribution in [0.2, 0.25) is 0 Å². The summed E-state index contributed by atoms with van der Waals surface area (Å²) in [5.74, 6) is 0. The molecular formula is C19H15N3O2S.